The van der Waals surface area contributed by atoms with Crippen molar-refractivity contribution in [2.24, 2.45) is 0 Å². The molecule has 0 bridgehead atoms. The lowest BCUT2D eigenvalue weighted by Gasteiger charge is -1.97. The molecule has 0 fully saturated rings. The Kier molecular flexibility index (Phi) is 4.19. The second kappa shape index (κ2) is 6.80. The van der Waals surface area contributed by atoms with Crippen molar-refractivity contribution in [3.63, 3.8) is 0 Å². The highest BCUT2D eigenvalue weighted by molar-refractivity contribution is 5.83. The molecule has 3 N–H and O–H groups in total. The third-order valence-corrected chi connectivity index (χ3v) is 4.38. The molecule has 2 heterocycles. The molecule has 0 spiro atoms. The minimum absolute atomic E-state index is 0.138. The third-order valence-electron chi connectivity index (χ3n) is 4.38. The number of aromatic nitrogens is 3. The second-order valence-corrected chi connectivity index (χ2v) is 6.12. The van der Waals surface area contributed by atoms with Crippen molar-refractivity contribution in [2.45, 2.75) is 6.42 Å². The lowest BCUT2D eigenvalue weighted by molar-refractivity contribution is 0.415. The van der Waals surface area contributed by atoms with Crippen molar-refractivity contribution in [1.82, 2.24) is 15.2 Å². The van der Waals surface area contributed by atoms with E-state index < -0.39 is 0 Å². The lowest BCUT2D eigenvalue weighted by Crippen LogP contribution is -2.33. The van der Waals surface area contributed by atoms with Gasteiger partial charge in [-0.15, -0.1) is 0 Å². The molecular formula is C21H19N3O2. The number of benzene rings is 2. The van der Waals surface area contributed by atoms with Crippen LogP contribution in [-0.2, 0) is 6.42 Å². The number of fused-ring (bicyclic) bond motifs is 1. The number of rotatable bonds is 4. The summed E-state index contributed by atoms with van der Waals surface area (Å²) in [6.45, 7) is 0. The van der Waals surface area contributed by atoms with Crippen LogP contribution in [0.5, 0.6) is 5.75 Å². The van der Waals surface area contributed by atoms with Crippen LogP contribution in [0.4, 0.5) is 0 Å². The number of aromatic amines is 3. The fourth-order valence-corrected chi connectivity index (χ4v) is 3.01. The molecule has 0 unspecified atom stereocenters. The van der Waals surface area contributed by atoms with Gasteiger partial charge >= 0.3 is 0 Å². The van der Waals surface area contributed by atoms with Crippen molar-refractivity contribution in [3.8, 4) is 5.75 Å². The molecule has 4 aromatic rings. The van der Waals surface area contributed by atoms with Gasteiger partial charge in [0.15, 0.2) is 0 Å². The van der Waals surface area contributed by atoms with Gasteiger partial charge in [-0.3, -0.25) is 15.0 Å². The van der Waals surface area contributed by atoms with Gasteiger partial charge in [0, 0.05) is 16.6 Å². The Bertz CT molecular complexity index is 1210. The fraction of sp³-hybridized carbons (Fsp3) is 0.0952. The Morgan fingerprint density at radius 3 is 2.69 bits per heavy atom. The molecule has 2 aromatic heterocycles. The number of ether oxygens (including phenoxy) is 1. The molecule has 130 valence electrons. The Morgan fingerprint density at radius 2 is 1.88 bits per heavy atom. The number of H-pyrrole nitrogens is 3. The van der Waals surface area contributed by atoms with Crippen LogP contribution in [0.2, 0.25) is 0 Å². The monoisotopic (exact) mass is 345 g/mol. The summed E-state index contributed by atoms with van der Waals surface area (Å²) >= 11 is 0. The van der Waals surface area contributed by atoms with Gasteiger partial charge in [-0.05, 0) is 42.3 Å². The zero-order valence-electron chi connectivity index (χ0n) is 14.4. The molecule has 0 aliphatic carbocycles. The molecule has 0 saturated carbocycles. The Hall–Kier alpha value is -3.47. The average Bonchev–Trinajstić information content (AvgIpc) is 3.24. The minimum Gasteiger partial charge on any atom is -0.497 e. The van der Waals surface area contributed by atoms with E-state index in [1.807, 2.05) is 54.6 Å². The first-order valence-corrected chi connectivity index (χ1v) is 8.42. The molecule has 0 saturated heterocycles. The molecule has 5 nitrogen and oxygen atoms in total. The van der Waals surface area contributed by atoms with Gasteiger partial charge in [0.2, 0.25) is 0 Å². The quantitative estimate of drug-likeness (QED) is 0.530. The largest absolute Gasteiger partial charge is 0.497 e. The fourth-order valence-electron chi connectivity index (χ4n) is 3.01. The molecule has 4 rings (SSSR count). The Morgan fingerprint density at radius 1 is 1.04 bits per heavy atom. The first-order chi connectivity index (χ1) is 12.7. The minimum atomic E-state index is -0.138. The molecule has 0 atom stereocenters. The highest BCUT2D eigenvalue weighted by Crippen LogP contribution is 2.21. The third kappa shape index (κ3) is 3.19. The molecule has 0 aliphatic heterocycles. The van der Waals surface area contributed by atoms with Crippen LogP contribution in [0.25, 0.3) is 23.1 Å². The summed E-state index contributed by atoms with van der Waals surface area (Å²) < 4.78 is 5.26. The van der Waals surface area contributed by atoms with Crippen LogP contribution >= 0.6 is 0 Å². The molecule has 2 aromatic carbocycles. The van der Waals surface area contributed by atoms with Gasteiger partial charge in [0.05, 0.1) is 17.7 Å². The number of hydrogen-bond acceptors (Lipinski definition) is 2. The van der Waals surface area contributed by atoms with Crippen molar-refractivity contribution < 1.29 is 4.74 Å². The summed E-state index contributed by atoms with van der Waals surface area (Å²) in [7, 11) is 1.65. The van der Waals surface area contributed by atoms with Gasteiger partial charge in [-0.2, -0.15) is 0 Å². The lowest BCUT2D eigenvalue weighted by atomic mass is 10.1. The van der Waals surface area contributed by atoms with Crippen LogP contribution in [0.3, 0.4) is 0 Å². The maximum absolute atomic E-state index is 12.2. The van der Waals surface area contributed by atoms with E-state index >= 15 is 0 Å². The zero-order chi connectivity index (χ0) is 17.9. The van der Waals surface area contributed by atoms with Gasteiger partial charge in [-0.25, -0.2) is 0 Å². The molecule has 26 heavy (non-hydrogen) atoms. The zero-order valence-corrected chi connectivity index (χ0v) is 14.4. The average molecular weight is 345 g/mol. The van der Waals surface area contributed by atoms with E-state index in [-0.39, 0.29) is 5.56 Å². The molecular weight excluding hydrogens is 326 g/mol. The van der Waals surface area contributed by atoms with E-state index in [4.69, 9.17) is 4.74 Å². The summed E-state index contributed by atoms with van der Waals surface area (Å²) in [6, 6.07) is 18.0. The van der Waals surface area contributed by atoms with Crippen molar-refractivity contribution in [1.29, 1.82) is 0 Å². The summed E-state index contributed by atoms with van der Waals surface area (Å²) in [4.78, 5) is 15.5. The normalized spacial score (nSPS) is 12.8. The predicted molar refractivity (Wildman–Crippen MR) is 104 cm³/mol. The number of methoxy groups -OCH3 is 1. The topological polar surface area (TPSA) is 73.7 Å². The predicted octanol–water partition coefficient (Wildman–Crippen LogP) is 2.04. The molecule has 5 heteroatoms. The number of nitrogens with one attached hydrogen (secondary N) is 3. The molecule has 0 aliphatic rings. The second-order valence-electron chi connectivity index (χ2n) is 6.12. The Labute approximate surface area is 149 Å². The van der Waals surface area contributed by atoms with E-state index in [1.54, 1.807) is 7.11 Å². The summed E-state index contributed by atoms with van der Waals surface area (Å²) in [5, 5.41) is 8.06. The van der Waals surface area contributed by atoms with Gasteiger partial charge in [0.25, 0.3) is 5.56 Å². The SMILES string of the molecule is COc1ccc2[nH]c(C=c3c(=O)[nH][nH]c3=CCc3ccccc3)cc2c1. The van der Waals surface area contributed by atoms with Gasteiger partial charge in [-0.1, -0.05) is 36.4 Å². The summed E-state index contributed by atoms with van der Waals surface area (Å²) in [5.41, 5.74) is 2.92. The highest BCUT2D eigenvalue weighted by Gasteiger charge is 2.02. The summed E-state index contributed by atoms with van der Waals surface area (Å²) in [5.74, 6) is 0.805. The Balaban J connectivity index is 1.76. The first kappa shape index (κ1) is 16.0. The molecule has 0 radical (unpaired) electrons. The van der Waals surface area contributed by atoms with Crippen LogP contribution in [-0.4, -0.2) is 22.3 Å². The van der Waals surface area contributed by atoms with Crippen LogP contribution in [0.1, 0.15) is 11.3 Å². The maximum atomic E-state index is 12.2. The highest BCUT2D eigenvalue weighted by atomic mass is 16.5. The van der Waals surface area contributed by atoms with Crippen molar-refractivity contribution in [3.05, 3.63) is 86.8 Å². The van der Waals surface area contributed by atoms with E-state index in [0.29, 0.717) is 5.22 Å². The summed E-state index contributed by atoms with van der Waals surface area (Å²) in [6.07, 6.45) is 4.63. The van der Waals surface area contributed by atoms with Crippen LogP contribution in [0.15, 0.2) is 59.4 Å². The van der Waals surface area contributed by atoms with E-state index in [2.05, 4.69) is 27.3 Å². The van der Waals surface area contributed by atoms with Gasteiger partial charge < -0.3 is 9.72 Å². The van der Waals surface area contributed by atoms with E-state index in [1.165, 1.54) is 5.56 Å². The maximum Gasteiger partial charge on any atom is 0.271 e. The number of hydrogen-bond donors (Lipinski definition) is 3. The van der Waals surface area contributed by atoms with Crippen molar-refractivity contribution in [2.75, 3.05) is 7.11 Å². The first-order valence-electron chi connectivity index (χ1n) is 8.42. The standard InChI is InChI=1S/C21H19N3O2/c1-26-17-8-10-19-15(12-17)11-16(22-19)13-18-20(23-24-21(18)25)9-7-14-5-3-2-4-6-14/h2-6,8-13,22-23H,7H2,1H3,(H,24,25). The molecule has 0 amide bonds. The van der Waals surface area contributed by atoms with E-state index in [9.17, 15) is 4.79 Å². The van der Waals surface area contributed by atoms with Crippen LogP contribution in [0, 0.1) is 0 Å². The van der Waals surface area contributed by atoms with Crippen molar-refractivity contribution >= 4 is 23.1 Å². The van der Waals surface area contributed by atoms with Gasteiger partial charge in [0.1, 0.15) is 5.75 Å². The smallest absolute Gasteiger partial charge is 0.271 e. The van der Waals surface area contributed by atoms with Crippen LogP contribution < -0.4 is 20.9 Å². The van der Waals surface area contributed by atoms with E-state index in [0.717, 1.165) is 34.1 Å².